The quantitative estimate of drug-likeness (QED) is 0.676. The highest BCUT2D eigenvalue weighted by Crippen LogP contribution is 2.14. The van der Waals surface area contributed by atoms with Crippen LogP contribution in [0.3, 0.4) is 0 Å². The summed E-state index contributed by atoms with van der Waals surface area (Å²) in [6, 6.07) is 8.82. The fourth-order valence-corrected chi connectivity index (χ4v) is 1.25. The van der Waals surface area contributed by atoms with Gasteiger partial charge in [-0.2, -0.15) is 0 Å². The van der Waals surface area contributed by atoms with Crippen LogP contribution in [0.15, 0.2) is 18.2 Å². The summed E-state index contributed by atoms with van der Waals surface area (Å²) in [5.74, 6) is 0.0692. The molecule has 2 heteroatoms. The molecule has 1 rings (SSSR count). The molecule has 0 atom stereocenters. The van der Waals surface area contributed by atoms with Crippen molar-refractivity contribution in [1.29, 1.82) is 0 Å². The molecule has 2 nitrogen and oxygen atoms in total. The van der Waals surface area contributed by atoms with Crippen molar-refractivity contribution >= 4 is 11.6 Å². The summed E-state index contributed by atoms with van der Waals surface area (Å²) >= 11 is 0. The Morgan fingerprint density at radius 3 is 2.62 bits per heavy atom. The molecule has 0 bridgehead atoms. The molecule has 0 N–H and O–H groups in total. The molecule has 0 aliphatic carbocycles. The van der Waals surface area contributed by atoms with E-state index < -0.39 is 0 Å². The van der Waals surface area contributed by atoms with E-state index in [-0.39, 0.29) is 5.91 Å². The number of amides is 1. The monoisotopic (exact) mass is 176 g/mol. The summed E-state index contributed by atoms with van der Waals surface area (Å²) < 4.78 is 0. The van der Waals surface area contributed by atoms with Crippen LogP contribution in [0.5, 0.6) is 0 Å². The second-order valence-corrected chi connectivity index (χ2v) is 2.99. The van der Waals surface area contributed by atoms with E-state index in [9.17, 15) is 4.79 Å². The maximum atomic E-state index is 11.2. The van der Waals surface area contributed by atoms with Gasteiger partial charge in [0.15, 0.2) is 0 Å². The average Bonchev–Trinajstić information content (AvgIpc) is 2.09. The molecule has 1 amide bonds. The van der Waals surface area contributed by atoms with Crippen molar-refractivity contribution < 1.29 is 4.79 Å². The summed E-state index contributed by atoms with van der Waals surface area (Å²) in [6.07, 6.45) is 0. The first-order valence-corrected chi connectivity index (χ1v) is 4.41. The summed E-state index contributed by atoms with van der Waals surface area (Å²) in [5, 5.41) is 0. The molecule has 0 aliphatic heterocycles. The first-order chi connectivity index (χ1) is 6.15. The minimum atomic E-state index is 0.0692. The van der Waals surface area contributed by atoms with Crippen LogP contribution >= 0.6 is 0 Å². The molecule has 1 aromatic carbocycles. The number of hydrogen-bond acceptors (Lipinski definition) is 1. The van der Waals surface area contributed by atoms with Crippen LogP contribution in [0.4, 0.5) is 5.69 Å². The maximum absolute atomic E-state index is 11.2. The molecule has 0 aliphatic rings. The summed E-state index contributed by atoms with van der Waals surface area (Å²) in [6.45, 7) is 6.21. The van der Waals surface area contributed by atoms with Crippen molar-refractivity contribution in [3.63, 3.8) is 0 Å². The number of carbonyl (C=O) groups excluding carboxylic acids is 1. The molecule has 0 aromatic heterocycles. The lowest BCUT2D eigenvalue weighted by molar-refractivity contribution is -0.116. The Morgan fingerprint density at radius 1 is 1.54 bits per heavy atom. The van der Waals surface area contributed by atoms with Gasteiger partial charge in [0.05, 0.1) is 0 Å². The lowest BCUT2D eigenvalue weighted by Crippen LogP contribution is -2.27. The SMILES string of the molecule is CCN(C(C)=O)c1c[c]c(C)cc1. The van der Waals surface area contributed by atoms with Gasteiger partial charge in [0.25, 0.3) is 0 Å². The highest BCUT2D eigenvalue weighted by molar-refractivity contribution is 5.91. The Balaban J connectivity index is 2.92. The van der Waals surface area contributed by atoms with E-state index in [2.05, 4.69) is 6.07 Å². The third-order valence-electron chi connectivity index (χ3n) is 1.96. The van der Waals surface area contributed by atoms with Crippen LogP contribution in [-0.4, -0.2) is 12.5 Å². The molecule has 0 unspecified atom stereocenters. The predicted octanol–water partition coefficient (Wildman–Crippen LogP) is 2.17. The smallest absolute Gasteiger partial charge is 0.223 e. The highest BCUT2D eigenvalue weighted by Gasteiger charge is 2.07. The number of anilines is 1. The first-order valence-electron chi connectivity index (χ1n) is 4.41. The van der Waals surface area contributed by atoms with Crippen LogP contribution < -0.4 is 4.90 Å². The van der Waals surface area contributed by atoms with E-state index in [1.54, 1.807) is 11.8 Å². The van der Waals surface area contributed by atoms with Gasteiger partial charge in [-0.1, -0.05) is 6.07 Å². The van der Waals surface area contributed by atoms with Gasteiger partial charge < -0.3 is 4.90 Å². The molecule has 0 spiro atoms. The van der Waals surface area contributed by atoms with E-state index in [1.807, 2.05) is 32.0 Å². The van der Waals surface area contributed by atoms with Gasteiger partial charge in [0.2, 0.25) is 5.91 Å². The fraction of sp³-hybridized carbons (Fsp3) is 0.364. The number of benzene rings is 1. The van der Waals surface area contributed by atoms with Gasteiger partial charge in [0, 0.05) is 19.2 Å². The number of nitrogens with zero attached hydrogens (tertiary/aromatic N) is 1. The zero-order valence-corrected chi connectivity index (χ0v) is 8.29. The van der Waals surface area contributed by atoms with Crippen LogP contribution in [-0.2, 0) is 4.79 Å². The Labute approximate surface area is 79.2 Å². The summed E-state index contributed by atoms with van der Waals surface area (Å²) in [4.78, 5) is 12.9. The predicted molar refractivity (Wildman–Crippen MR) is 53.7 cm³/mol. The van der Waals surface area contributed by atoms with Crippen molar-refractivity contribution in [3.8, 4) is 0 Å². The molecule has 69 valence electrons. The Bertz CT molecular complexity index is 289. The molecule has 0 saturated heterocycles. The number of rotatable bonds is 2. The lowest BCUT2D eigenvalue weighted by Gasteiger charge is -2.18. The van der Waals surface area contributed by atoms with Gasteiger partial charge in [-0.05, 0) is 37.6 Å². The molecular weight excluding hydrogens is 162 g/mol. The van der Waals surface area contributed by atoms with E-state index in [0.717, 1.165) is 11.3 Å². The van der Waals surface area contributed by atoms with Gasteiger partial charge in [0.1, 0.15) is 0 Å². The molecule has 0 saturated carbocycles. The zero-order valence-electron chi connectivity index (χ0n) is 8.29. The Kier molecular flexibility index (Phi) is 3.07. The molecular formula is C11H14NO. The topological polar surface area (TPSA) is 20.3 Å². The zero-order chi connectivity index (χ0) is 9.84. The second-order valence-electron chi connectivity index (χ2n) is 2.99. The fourth-order valence-electron chi connectivity index (χ4n) is 1.25. The number of carbonyl (C=O) groups is 1. The van der Waals surface area contributed by atoms with E-state index in [0.29, 0.717) is 6.54 Å². The second kappa shape index (κ2) is 4.08. The number of aryl methyl sites for hydroxylation is 1. The largest absolute Gasteiger partial charge is 0.313 e. The molecule has 1 aromatic rings. The van der Waals surface area contributed by atoms with Gasteiger partial charge in [-0.25, -0.2) is 0 Å². The van der Waals surface area contributed by atoms with Crippen molar-refractivity contribution in [2.75, 3.05) is 11.4 Å². The minimum Gasteiger partial charge on any atom is -0.313 e. The summed E-state index contributed by atoms with van der Waals surface area (Å²) in [5.41, 5.74) is 2.00. The van der Waals surface area contributed by atoms with Crippen LogP contribution in [0.1, 0.15) is 19.4 Å². The van der Waals surface area contributed by atoms with Crippen molar-refractivity contribution in [2.24, 2.45) is 0 Å². The van der Waals surface area contributed by atoms with Crippen LogP contribution in [0, 0.1) is 13.0 Å². The minimum absolute atomic E-state index is 0.0692. The van der Waals surface area contributed by atoms with Crippen LogP contribution in [0.25, 0.3) is 0 Å². The Hall–Kier alpha value is -1.31. The normalized spacial score (nSPS) is 9.77. The van der Waals surface area contributed by atoms with Crippen molar-refractivity contribution in [1.82, 2.24) is 0 Å². The molecule has 0 heterocycles. The third kappa shape index (κ3) is 2.31. The van der Waals surface area contributed by atoms with Crippen LogP contribution in [0.2, 0.25) is 0 Å². The van der Waals surface area contributed by atoms with Gasteiger partial charge in [-0.3, -0.25) is 4.79 Å². The third-order valence-corrected chi connectivity index (χ3v) is 1.96. The van der Waals surface area contributed by atoms with Crippen molar-refractivity contribution in [3.05, 3.63) is 29.8 Å². The van der Waals surface area contributed by atoms with Gasteiger partial charge in [-0.15, -0.1) is 0 Å². The van der Waals surface area contributed by atoms with E-state index in [4.69, 9.17) is 0 Å². The molecule has 1 radical (unpaired) electrons. The maximum Gasteiger partial charge on any atom is 0.223 e. The van der Waals surface area contributed by atoms with Gasteiger partial charge >= 0.3 is 0 Å². The Morgan fingerprint density at radius 2 is 2.23 bits per heavy atom. The molecule has 13 heavy (non-hydrogen) atoms. The average molecular weight is 176 g/mol. The summed E-state index contributed by atoms with van der Waals surface area (Å²) in [7, 11) is 0. The first kappa shape index (κ1) is 9.78. The lowest BCUT2D eigenvalue weighted by atomic mass is 10.2. The highest BCUT2D eigenvalue weighted by atomic mass is 16.2. The standard InChI is InChI=1S/C11H14NO/c1-4-12(10(3)13)11-7-5-9(2)6-8-11/h5,7-8H,4H2,1-3H3. The van der Waals surface area contributed by atoms with E-state index in [1.165, 1.54) is 0 Å². The van der Waals surface area contributed by atoms with Crippen molar-refractivity contribution in [2.45, 2.75) is 20.8 Å². The van der Waals surface area contributed by atoms with E-state index >= 15 is 0 Å². The number of hydrogen-bond donors (Lipinski definition) is 0. The molecule has 0 fully saturated rings.